The van der Waals surface area contributed by atoms with E-state index in [4.69, 9.17) is 4.74 Å². The number of urea groups is 1. The van der Waals surface area contributed by atoms with Gasteiger partial charge in [-0.2, -0.15) is 0 Å². The van der Waals surface area contributed by atoms with Crippen LogP contribution in [-0.2, 0) is 4.79 Å². The fourth-order valence-corrected chi connectivity index (χ4v) is 6.73. The number of aromatic nitrogens is 1. The lowest BCUT2D eigenvalue weighted by Gasteiger charge is -2.33. The van der Waals surface area contributed by atoms with Crippen molar-refractivity contribution in [1.29, 1.82) is 0 Å². The number of thiophene rings is 1. The van der Waals surface area contributed by atoms with Gasteiger partial charge in [-0.15, -0.1) is 11.3 Å². The molecule has 0 bridgehead atoms. The zero-order valence-corrected chi connectivity index (χ0v) is 24.2. The van der Waals surface area contributed by atoms with Gasteiger partial charge in [-0.05, 0) is 68.8 Å². The first kappa shape index (κ1) is 27.7. The summed E-state index contributed by atoms with van der Waals surface area (Å²) >= 11 is 1.25. The van der Waals surface area contributed by atoms with E-state index >= 15 is 0 Å². The Hall–Kier alpha value is -4.48. The summed E-state index contributed by atoms with van der Waals surface area (Å²) in [5.74, 6) is 0.952. The zero-order valence-electron chi connectivity index (χ0n) is 23.4. The largest absolute Gasteiger partial charge is 0.457 e. The number of benzene rings is 2. The summed E-state index contributed by atoms with van der Waals surface area (Å²) in [7, 11) is 1.72. The van der Waals surface area contributed by atoms with Crippen LogP contribution in [-0.4, -0.2) is 48.5 Å². The molecule has 10 nitrogen and oxygen atoms in total. The maximum Gasteiger partial charge on any atom is 0.331 e. The van der Waals surface area contributed by atoms with Crippen molar-refractivity contribution < 1.29 is 19.1 Å². The van der Waals surface area contributed by atoms with Crippen LogP contribution in [0.3, 0.4) is 0 Å². The molecule has 0 spiro atoms. The van der Waals surface area contributed by atoms with E-state index in [-0.39, 0.29) is 36.5 Å². The Bertz CT molecular complexity index is 1660. The Morgan fingerprint density at radius 1 is 1.05 bits per heavy atom. The summed E-state index contributed by atoms with van der Waals surface area (Å²) in [5.41, 5.74) is 2.55. The highest BCUT2D eigenvalue weighted by Crippen LogP contribution is 2.47. The van der Waals surface area contributed by atoms with Crippen LogP contribution in [0, 0.1) is 6.92 Å². The van der Waals surface area contributed by atoms with Crippen molar-refractivity contribution in [3.8, 4) is 11.5 Å². The summed E-state index contributed by atoms with van der Waals surface area (Å²) in [6.45, 7) is 2.12. The molecule has 2 aliphatic rings. The van der Waals surface area contributed by atoms with Crippen molar-refractivity contribution in [2.45, 2.75) is 44.7 Å². The van der Waals surface area contributed by atoms with Crippen LogP contribution in [0.15, 0.2) is 60.8 Å². The molecule has 1 aliphatic carbocycles. The Kier molecular flexibility index (Phi) is 7.77. The van der Waals surface area contributed by atoms with Gasteiger partial charge in [0.1, 0.15) is 21.2 Å². The van der Waals surface area contributed by atoms with Crippen molar-refractivity contribution in [3.05, 3.63) is 71.2 Å². The molecule has 3 heterocycles. The minimum absolute atomic E-state index is 0.104. The quantitative estimate of drug-likeness (QED) is 0.218. The van der Waals surface area contributed by atoms with Gasteiger partial charge in [0.15, 0.2) is 0 Å². The van der Waals surface area contributed by atoms with Gasteiger partial charge in [0.05, 0.1) is 29.0 Å². The minimum Gasteiger partial charge on any atom is -0.457 e. The molecular formula is C31H32N6O4S. The van der Waals surface area contributed by atoms with Crippen LogP contribution in [0.2, 0.25) is 0 Å². The lowest BCUT2D eigenvalue weighted by molar-refractivity contribution is -0.121. The molecule has 2 atom stereocenters. The first-order valence-corrected chi connectivity index (χ1v) is 14.9. The summed E-state index contributed by atoms with van der Waals surface area (Å²) < 4.78 is 6.00. The molecule has 216 valence electrons. The van der Waals surface area contributed by atoms with Gasteiger partial charge < -0.3 is 26.0 Å². The highest BCUT2D eigenvalue weighted by Gasteiger charge is 2.36. The number of likely N-dealkylation sites (N-methyl/N-ethyl adjacent to an activating group) is 1. The van der Waals surface area contributed by atoms with E-state index in [1.165, 1.54) is 11.3 Å². The van der Waals surface area contributed by atoms with Gasteiger partial charge in [0.25, 0.3) is 5.91 Å². The Labute approximate surface area is 247 Å². The van der Waals surface area contributed by atoms with E-state index in [1.54, 1.807) is 24.2 Å². The first-order chi connectivity index (χ1) is 20.4. The van der Waals surface area contributed by atoms with Crippen molar-refractivity contribution in [3.63, 3.8) is 0 Å². The summed E-state index contributed by atoms with van der Waals surface area (Å²) in [6.07, 6.45) is 5.11. The number of hydrogen-bond acceptors (Lipinski definition) is 7. The summed E-state index contributed by atoms with van der Waals surface area (Å²) in [5, 5.41) is 12.8. The van der Waals surface area contributed by atoms with Gasteiger partial charge >= 0.3 is 6.03 Å². The molecule has 0 unspecified atom stereocenters. The van der Waals surface area contributed by atoms with Gasteiger partial charge in [0.2, 0.25) is 5.91 Å². The second-order valence-electron chi connectivity index (χ2n) is 10.5. The topological polar surface area (TPSA) is 125 Å². The second-order valence-corrected chi connectivity index (χ2v) is 11.5. The van der Waals surface area contributed by atoms with E-state index < -0.39 is 0 Å². The molecule has 1 fully saturated rings. The zero-order chi connectivity index (χ0) is 29.2. The lowest BCUT2D eigenvalue weighted by Crippen LogP contribution is -2.54. The normalized spacial score (nSPS) is 18.0. The van der Waals surface area contributed by atoms with Crippen LogP contribution < -0.4 is 30.9 Å². The highest BCUT2D eigenvalue weighted by atomic mass is 32.1. The molecule has 1 saturated carbocycles. The van der Waals surface area contributed by atoms with Crippen molar-refractivity contribution in [2.75, 3.05) is 23.8 Å². The first-order valence-electron chi connectivity index (χ1n) is 14.0. The van der Waals surface area contributed by atoms with Crippen molar-refractivity contribution in [2.24, 2.45) is 0 Å². The molecule has 2 aromatic heterocycles. The maximum absolute atomic E-state index is 13.9. The number of ether oxygens (including phenoxy) is 1. The number of aryl methyl sites for hydroxylation is 1. The smallest absolute Gasteiger partial charge is 0.331 e. The van der Waals surface area contributed by atoms with Crippen LogP contribution in [0.25, 0.3) is 10.2 Å². The molecule has 4 N–H and O–H groups in total. The third kappa shape index (κ3) is 5.40. The van der Waals surface area contributed by atoms with E-state index in [0.29, 0.717) is 38.3 Å². The van der Waals surface area contributed by atoms with Crippen LogP contribution in [0.5, 0.6) is 11.5 Å². The van der Waals surface area contributed by atoms with Crippen molar-refractivity contribution in [1.82, 2.24) is 20.9 Å². The number of amides is 4. The van der Waals surface area contributed by atoms with E-state index in [2.05, 4.69) is 26.3 Å². The summed E-state index contributed by atoms with van der Waals surface area (Å²) in [4.78, 5) is 47.0. The third-order valence-electron chi connectivity index (χ3n) is 7.60. The number of nitrogens with one attached hydrogen (secondary N) is 4. The van der Waals surface area contributed by atoms with Crippen LogP contribution in [0.1, 0.15) is 40.9 Å². The van der Waals surface area contributed by atoms with Crippen molar-refractivity contribution >= 4 is 56.5 Å². The molecule has 1 aliphatic heterocycles. The molecule has 42 heavy (non-hydrogen) atoms. The third-order valence-corrected chi connectivity index (χ3v) is 8.68. The van der Waals surface area contributed by atoms with E-state index in [0.717, 1.165) is 36.6 Å². The molecular weight excluding hydrogens is 552 g/mol. The predicted octanol–water partition coefficient (Wildman–Crippen LogP) is 5.46. The highest BCUT2D eigenvalue weighted by molar-refractivity contribution is 7.21. The van der Waals surface area contributed by atoms with E-state index in [9.17, 15) is 14.4 Å². The Morgan fingerprint density at radius 2 is 1.81 bits per heavy atom. The number of nitrogens with zero attached hydrogens (tertiary/aromatic N) is 2. The molecule has 11 heteroatoms. The number of carbonyl (C=O) groups excluding carboxylic acids is 3. The molecule has 0 radical (unpaired) electrons. The number of rotatable bonds is 8. The van der Waals surface area contributed by atoms with Gasteiger partial charge in [-0.25, -0.2) is 9.78 Å². The fourth-order valence-electron chi connectivity index (χ4n) is 5.68. The molecule has 0 saturated heterocycles. The number of carbonyl (C=O) groups is 3. The molecule has 4 aromatic rings. The van der Waals surface area contributed by atoms with Crippen LogP contribution in [0.4, 0.5) is 21.9 Å². The number of hydrogen-bond donors (Lipinski definition) is 4. The number of pyridine rings is 1. The monoisotopic (exact) mass is 584 g/mol. The minimum atomic E-state index is -0.364. The number of anilines is 3. The number of para-hydroxylation sites is 1. The maximum atomic E-state index is 13.9. The van der Waals surface area contributed by atoms with Crippen LogP contribution >= 0.6 is 11.3 Å². The molecule has 2 aromatic carbocycles. The summed E-state index contributed by atoms with van der Waals surface area (Å²) in [6, 6.07) is 16.0. The Morgan fingerprint density at radius 3 is 2.55 bits per heavy atom. The molecule has 6 rings (SSSR count). The molecule has 4 amide bonds. The average molecular weight is 585 g/mol. The Balaban J connectivity index is 1.34. The predicted molar refractivity (Wildman–Crippen MR) is 164 cm³/mol. The fraction of sp³-hybridized carbons (Fsp3) is 0.290. The standard InChI is InChI=1S/C31H32N6O4S/c1-18-16-20(41-19-8-4-3-5-9-19)12-13-24(18)37-27-26-23(36-31(37)40)14-15-33-30(26)42-28(27)29(39)35-22-11-7-6-10-21(22)34-25(38)17-32-2/h3-5,8-9,12-16,21-22,32H,6-7,10-11,17H2,1-2H3,(H,34,38)(H,35,39)(H,36,40)/t21-,22+/m1/s1. The van der Waals surface area contributed by atoms with Gasteiger partial charge in [-0.1, -0.05) is 31.0 Å². The lowest BCUT2D eigenvalue weighted by atomic mass is 9.90. The SMILES string of the molecule is CNCC(=O)N[C@@H]1CCCC[C@@H]1NC(=O)c1sc2nccc3c2c1N(c1ccc(Oc2ccccc2)cc1C)C(=O)N3. The second kappa shape index (κ2) is 11.8. The van der Waals surface area contributed by atoms with Gasteiger partial charge in [0, 0.05) is 18.3 Å². The van der Waals surface area contributed by atoms with E-state index in [1.807, 2.05) is 55.5 Å². The average Bonchev–Trinajstić information content (AvgIpc) is 3.36. The van der Waals surface area contributed by atoms with Gasteiger partial charge in [-0.3, -0.25) is 14.5 Å².